The van der Waals surface area contributed by atoms with Crippen molar-refractivity contribution in [2.75, 3.05) is 0 Å². The van der Waals surface area contributed by atoms with E-state index in [1.807, 2.05) is 0 Å². The largest absolute Gasteiger partial charge is 0.269 e. The third-order valence-corrected chi connectivity index (χ3v) is 1.84. The van der Waals surface area contributed by atoms with E-state index in [-0.39, 0.29) is 105 Å². The van der Waals surface area contributed by atoms with E-state index in [1.54, 1.807) is 0 Å². The van der Waals surface area contributed by atoms with Crippen LogP contribution in [0.15, 0.2) is 0 Å². The van der Waals surface area contributed by atoms with Crippen LogP contribution in [0.3, 0.4) is 0 Å². The molecule has 1 fully saturated rings. The molecule has 0 unspecified atom stereocenters. The number of hydrogen-bond acceptors (Lipinski definition) is 6. The predicted molar refractivity (Wildman–Crippen MR) is 65.0 cm³/mol. The zero-order valence-corrected chi connectivity index (χ0v) is 16.3. The first-order valence-corrected chi connectivity index (χ1v) is 4.06. The summed E-state index contributed by atoms with van der Waals surface area (Å²) in [5, 5.41) is 8.90. The second-order valence-corrected chi connectivity index (χ2v) is 3.26. The third-order valence-electron chi connectivity index (χ3n) is 0.947. The van der Waals surface area contributed by atoms with Crippen molar-refractivity contribution >= 4 is 127 Å². The quantitative estimate of drug-likeness (QED) is 0.229. The van der Waals surface area contributed by atoms with Crippen molar-refractivity contribution in [1.29, 1.82) is 0 Å². The van der Waals surface area contributed by atoms with Crippen molar-refractivity contribution in [2.45, 2.75) is 16.5 Å². The molecule has 1 heterocycles. The average molecular weight is 252 g/mol. The van der Waals surface area contributed by atoms with Crippen molar-refractivity contribution in [3.05, 3.63) is 0 Å². The van der Waals surface area contributed by atoms with E-state index in [2.05, 4.69) is 53.8 Å². The van der Waals surface area contributed by atoms with E-state index in [1.165, 1.54) is 0 Å². The van der Waals surface area contributed by atoms with Crippen LogP contribution in [0.1, 0.15) is 0 Å². The van der Waals surface area contributed by atoms with Gasteiger partial charge in [-0.15, -0.1) is 37.9 Å². The molecule has 0 amide bonds. The van der Waals surface area contributed by atoms with Gasteiger partial charge in [-0.3, -0.25) is 16.0 Å². The fourth-order valence-corrected chi connectivity index (χ4v) is 1.84. The van der Waals surface area contributed by atoms with Crippen LogP contribution in [0.2, 0.25) is 0 Å². The van der Waals surface area contributed by atoms with Gasteiger partial charge >= 0.3 is 0 Å². The van der Waals surface area contributed by atoms with Crippen molar-refractivity contribution in [1.82, 2.24) is 16.0 Å². The Hall–Kier alpha value is 3.93. The molecule has 0 aromatic heterocycles. The van der Waals surface area contributed by atoms with Gasteiger partial charge in [-0.1, -0.05) is 0 Å². The van der Waals surface area contributed by atoms with Gasteiger partial charge in [0.15, 0.2) is 0 Å². The Bertz CT molecular complexity index is 85.0. The van der Waals surface area contributed by atoms with E-state index in [0.717, 1.165) is 0 Å². The molecule has 1 saturated heterocycles. The maximum absolute atomic E-state index is 4.12. The molecule has 57 valence electrons. The SMILES string of the molecule is SC1NC(S)NC(S)N1.[Na].[Na].[Na]. The minimum atomic E-state index is -0.0313. The molecule has 1 aliphatic rings. The van der Waals surface area contributed by atoms with Gasteiger partial charge in [0, 0.05) is 88.7 Å². The van der Waals surface area contributed by atoms with Crippen LogP contribution in [-0.4, -0.2) is 105 Å². The Labute approximate surface area is 156 Å². The van der Waals surface area contributed by atoms with E-state index in [4.69, 9.17) is 0 Å². The van der Waals surface area contributed by atoms with E-state index < -0.39 is 0 Å². The Kier molecular flexibility index (Phi) is 20.2. The van der Waals surface area contributed by atoms with Crippen molar-refractivity contribution in [2.24, 2.45) is 0 Å². The monoisotopic (exact) mass is 252 g/mol. The van der Waals surface area contributed by atoms with Gasteiger partial charge in [0.2, 0.25) is 0 Å². The molecule has 0 spiro atoms. The summed E-state index contributed by atoms with van der Waals surface area (Å²) in [5.74, 6) is 0. The van der Waals surface area contributed by atoms with Crippen LogP contribution in [0.4, 0.5) is 0 Å². The molecule has 0 aromatic carbocycles. The zero-order chi connectivity index (χ0) is 6.85. The molecular weight excluding hydrogens is 243 g/mol. The zero-order valence-electron chi connectivity index (χ0n) is 7.57. The molecule has 9 heteroatoms. The van der Waals surface area contributed by atoms with Crippen LogP contribution in [0, 0.1) is 0 Å². The maximum Gasteiger partial charge on any atom is 0.106 e. The van der Waals surface area contributed by atoms with Gasteiger partial charge in [0.1, 0.15) is 16.5 Å². The smallest absolute Gasteiger partial charge is 0.106 e. The Morgan fingerprint density at radius 2 is 0.750 bits per heavy atom. The summed E-state index contributed by atoms with van der Waals surface area (Å²) >= 11 is 12.4. The van der Waals surface area contributed by atoms with Gasteiger partial charge in [0.05, 0.1) is 0 Å². The Morgan fingerprint density at radius 3 is 0.917 bits per heavy atom. The molecule has 0 aliphatic carbocycles. The molecule has 0 bridgehead atoms. The topological polar surface area (TPSA) is 36.1 Å². The maximum atomic E-state index is 4.12. The minimum Gasteiger partial charge on any atom is -0.269 e. The van der Waals surface area contributed by atoms with Gasteiger partial charge in [-0.2, -0.15) is 0 Å². The molecule has 0 aromatic rings. The summed E-state index contributed by atoms with van der Waals surface area (Å²) in [5.41, 5.74) is -0.0938. The van der Waals surface area contributed by atoms with Crippen molar-refractivity contribution < 1.29 is 0 Å². The molecule has 0 saturated carbocycles. The van der Waals surface area contributed by atoms with E-state index >= 15 is 0 Å². The van der Waals surface area contributed by atoms with E-state index in [0.29, 0.717) is 0 Å². The summed E-state index contributed by atoms with van der Waals surface area (Å²) in [6.45, 7) is 0. The van der Waals surface area contributed by atoms with Crippen molar-refractivity contribution in [3.63, 3.8) is 0 Å². The summed E-state index contributed by atoms with van der Waals surface area (Å²) in [6.07, 6.45) is 0. The second kappa shape index (κ2) is 11.4. The van der Waals surface area contributed by atoms with Gasteiger partial charge in [-0.05, 0) is 0 Å². The van der Waals surface area contributed by atoms with Crippen LogP contribution in [0.5, 0.6) is 0 Å². The van der Waals surface area contributed by atoms with Gasteiger partial charge < -0.3 is 0 Å². The molecular formula is C3H9N3Na3S3. The first-order chi connectivity index (χ1) is 4.18. The van der Waals surface area contributed by atoms with Crippen LogP contribution in [-0.2, 0) is 0 Å². The first-order valence-electron chi connectivity index (χ1n) is 2.51. The van der Waals surface area contributed by atoms with Gasteiger partial charge in [-0.25, -0.2) is 0 Å². The van der Waals surface area contributed by atoms with E-state index in [9.17, 15) is 0 Å². The van der Waals surface area contributed by atoms with Crippen molar-refractivity contribution in [3.8, 4) is 0 Å². The number of thiol groups is 3. The molecule has 0 atom stereocenters. The summed E-state index contributed by atoms with van der Waals surface area (Å²) < 4.78 is 0. The molecule has 3 N–H and O–H groups in total. The van der Waals surface area contributed by atoms with Crippen LogP contribution < -0.4 is 16.0 Å². The second-order valence-electron chi connectivity index (χ2n) is 1.71. The summed E-state index contributed by atoms with van der Waals surface area (Å²) in [4.78, 5) is 0. The molecule has 3 radical (unpaired) electrons. The average Bonchev–Trinajstić information content (AvgIpc) is 1.59. The summed E-state index contributed by atoms with van der Waals surface area (Å²) in [6, 6.07) is 0. The number of nitrogens with one attached hydrogen (secondary N) is 3. The minimum absolute atomic E-state index is 0. The summed E-state index contributed by atoms with van der Waals surface area (Å²) in [7, 11) is 0. The van der Waals surface area contributed by atoms with Crippen LogP contribution >= 0.6 is 37.9 Å². The molecule has 12 heavy (non-hydrogen) atoms. The predicted octanol–water partition coefficient (Wildman–Crippen LogP) is -1.73. The molecule has 3 nitrogen and oxygen atoms in total. The first kappa shape index (κ1) is 21.2. The normalized spacial score (nSPS) is 33.8. The number of rotatable bonds is 0. The molecule has 1 rings (SSSR count). The third kappa shape index (κ3) is 9.18. The van der Waals surface area contributed by atoms with Gasteiger partial charge in [0.25, 0.3) is 0 Å². The van der Waals surface area contributed by atoms with Crippen LogP contribution in [0.25, 0.3) is 0 Å². The number of hydrogen-bond donors (Lipinski definition) is 6. The fraction of sp³-hybridized carbons (Fsp3) is 1.00. The fourth-order valence-electron chi connectivity index (χ4n) is 0.593. The Morgan fingerprint density at radius 1 is 0.583 bits per heavy atom. The molecule has 1 aliphatic heterocycles. The Balaban J connectivity index is -0.000000270. The standard InChI is InChI=1S/C3H9N3S3.3Na/c7-1-4-2(8)6-3(9)5-1;;;/h1-9H;;;.